The van der Waals surface area contributed by atoms with E-state index in [0.29, 0.717) is 6.61 Å². The number of aliphatic hydroxyl groups excluding tert-OH is 2. The zero-order valence-corrected chi connectivity index (χ0v) is 16.3. The first-order chi connectivity index (χ1) is 11.2. The van der Waals surface area contributed by atoms with Crippen LogP contribution in [0.4, 0.5) is 0 Å². The number of rotatable bonds is 4. The van der Waals surface area contributed by atoms with Gasteiger partial charge in [-0.05, 0) is 45.6 Å². The zero-order chi connectivity index (χ0) is 17.5. The summed E-state index contributed by atoms with van der Waals surface area (Å²) < 4.78 is 23.2. The third kappa shape index (κ3) is 4.23. The van der Waals surface area contributed by atoms with Gasteiger partial charge in [0.1, 0.15) is 30.5 Å². The fourth-order valence-corrected chi connectivity index (χ4v) is 6.23. The fourth-order valence-electron chi connectivity index (χ4n) is 3.30. The van der Waals surface area contributed by atoms with Crippen molar-refractivity contribution in [3.05, 3.63) is 0 Å². The van der Waals surface area contributed by atoms with Crippen LogP contribution in [0.2, 0.25) is 0 Å². The highest BCUT2D eigenvalue weighted by atomic mass is 32.2. The number of hydrogen-bond acceptors (Lipinski definition) is 8. The molecule has 0 aliphatic carbocycles. The molecule has 3 heterocycles. The Bertz CT molecular complexity index is 440. The van der Waals surface area contributed by atoms with E-state index in [-0.39, 0.29) is 4.58 Å². The summed E-state index contributed by atoms with van der Waals surface area (Å²) in [6.45, 7) is 7.53. The molecule has 6 nitrogen and oxygen atoms in total. The van der Waals surface area contributed by atoms with Gasteiger partial charge in [0.2, 0.25) is 0 Å². The van der Waals surface area contributed by atoms with E-state index in [4.69, 9.17) is 18.9 Å². The number of ether oxygens (including phenoxy) is 4. The molecule has 0 bridgehead atoms. The predicted octanol–water partition coefficient (Wildman–Crippen LogP) is 1.58. The maximum Gasteiger partial charge on any atom is 0.164 e. The van der Waals surface area contributed by atoms with E-state index in [0.717, 1.165) is 17.9 Å². The number of aliphatic hydroxyl groups is 2. The van der Waals surface area contributed by atoms with E-state index in [1.54, 1.807) is 37.4 Å². The lowest BCUT2D eigenvalue weighted by molar-refractivity contribution is -0.179. The molecule has 0 aromatic carbocycles. The van der Waals surface area contributed by atoms with Crippen LogP contribution in [0.25, 0.3) is 0 Å². The molecule has 24 heavy (non-hydrogen) atoms. The van der Waals surface area contributed by atoms with Gasteiger partial charge in [-0.15, -0.1) is 23.5 Å². The summed E-state index contributed by atoms with van der Waals surface area (Å²) in [4.78, 5) is 0. The Hall–Kier alpha value is 0.460. The summed E-state index contributed by atoms with van der Waals surface area (Å²) in [5, 5.41) is 21.6. The van der Waals surface area contributed by atoms with Gasteiger partial charge in [0.25, 0.3) is 0 Å². The van der Waals surface area contributed by atoms with E-state index < -0.39 is 42.1 Å². The third-order valence-corrected chi connectivity index (χ3v) is 7.46. The van der Waals surface area contributed by atoms with Crippen molar-refractivity contribution in [2.24, 2.45) is 0 Å². The first-order valence-corrected chi connectivity index (χ1v) is 10.5. The van der Waals surface area contributed by atoms with Crippen molar-refractivity contribution in [3.8, 4) is 0 Å². The molecule has 3 rings (SSSR count). The van der Waals surface area contributed by atoms with Gasteiger partial charge in [-0.2, -0.15) is 0 Å². The topological polar surface area (TPSA) is 77.4 Å². The van der Waals surface area contributed by atoms with Crippen LogP contribution in [0.5, 0.6) is 0 Å². The van der Waals surface area contributed by atoms with Crippen LogP contribution in [-0.2, 0) is 18.9 Å². The minimum atomic E-state index is -0.924. The molecule has 3 saturated heterocycles. The molecule has 3 fully saturated rings. The average Bonchev–Trinajstić information content (AvgIpc) is 3.05. The Kier molecular flexibility index (Phi) is 5.79. The maximum atomic E-state index is 10.8. The summed E-state index contributed by atoms with van der Waals surface area (Å²) in [5.41, 5.74) is 0. The normalized spacial score (nSPS) is 39.0. The molecule has 0 amide bonds. The Morgan fingerprint density at radius 3 is 2.00 bits per heavy atom. The molecule has 0 radical (unpaired) electrons. The number of thioether (sulfide) groups is 2. The van der Waals surface area contributed by atoms with Crippen LogP contribution < -0.4 is 0 Å². The molecule has 3 aliphatic heterocycles. The van der Waals surface area contributed by atoms with E-state index >= 15 is 0 Å². The molecule has 8 heteroatoms. The van der Waals surface area contributed by atoms with Gasteiger partial charge in [0, 0.05) is 0 Å². The summed E-state index contributed by atoms with van der Waals surface area (Å²) in [7, 11) is 0. The summed E-state index contributed by atoms with van der Waals surface area (Å²) in [5.74, 6) is 0.499. The molecule has 3 aliphatic rings. The van der Waals surface area contributed by atoms with Crippen LogP contribution >= 0.6 is 23.5 Å². The second-order valence-corrected chi connectivity index (χ2v) is 10.2. The van der Waals surface area contributed by atoms with Crippen LogP contribution in [0.15, 0.2) is 0 Å². The van der Waals surface area contributed by atoms with Gasteiger partial charge in [-0.3, -0.25) is 0 Å². The van der Waals surface area contributed by atoms with E-state index in [2.05, 4.69) is 0 Å². The molecule has 2 N–H and O–H groups in total. The maximum absolute atomic E-state index is 10.8. The minimum Gasteiger partial charge on any atom is -0.388 e. The molecule has 0 unspecified atom stereocenters. The summed E-state index contributed by atoms with van der Waals surface area (Å²) in [6, 6.07) is 0. The molecule has 140 valence electrons. The summed E-state index contributed by atoms with van der Waals surface area (Å²) in [6.07, 6.45) is -2.22. The van der Waals surface area contributed by atoms with Crippen LogP contribution in [-0.4, -0.2) is 75.0 Å². The Morgan fingerprint density at radius 1 is 0.875 bits per heavy atom. The van der Waals surface area contributed by atoms with Gasteiger partial charge in [0.15, 0.2) is 11.6 Å². The van der Waals surface area contributed by atoms with E-state index in [1.807, 2.05) is 13.8 Å². The Morgan fingerprint density at radius 2 is 1.46 bits per heavy atom. The molecule has 0 aromatic heterocycles. The van der Waals surface area contributed by atoms with Crippen LogP contribution in [0, 0.1) is 0 Å². The summed E-state index contributed by atoms with van der Waals surface area (Å²) >= 11 is 3.49. The standard InChI is InChI=1S/C16H28O6S2/c1-15(2)19-8-9(20-15)10(17)12-13(22-16(3,4)21-12)11(18)14-23-6-5-7-24-14/h9-14,17-18H,5-8H2,1-4H3/t9-,10-,11-,12+,13-/m1/s1. The van der Waals surface area contributed by atoms with Gasteiger partial charge >= 0.3 is 0 Å². The highest BCUT2D eigenvalue weighted by molar-refractivity contribution is 8.17. The fraction of sp³-hybridized carbons (Fsp3) is 1.00. The Balaban J connectivity index is 1.71. The van der Waals surface area contributed by atoms with E-state index in [9.17, 15) is 10.2 Å². The minimum absolute atomic E-state index is 0.0353. The molecule has 0 saturated carbocycles. The SMILES string of the molecule is CC1(C)O[C@@H]([C@H](O)[C@H]2COC(C)(C)O2)[C@@H]([C@@H](O)C2SCCCS2)O1. The van der Waals surface area contributed by atoms with Crippen LogP contribution in [0.1, 0.15) is 34.1 Å². The lowest BCUT2D eigenvalue weighted by Gasteiger charge is -2.33. The van der Waals surface area contributed by atoms with Crippen molar-refractivity contribution in [1.82, 2.24) is 0 Å². The smallest absolute Gasteiger partial charge is 0.164 e. The molecule has 0 spiro atoms. The highest BCUT2D eigenvalue weighted by Crippen LogP contribution is 2.41. The zero-order valence-electron chi connectivity index (χ0n) is 14.6. The first kappa shape index (κ1) is 19.2. The van der Waals surface area contributed by atoms with Crippen molar-refractivity contribution in [3.63, 3.8) is 0 Å². The van der Waals surface area contributed by atoms with Gasteiger partial charge in [0.05, 0.1) is 11.2 Å². The van der Waals surface area contributed by atoms with Crippen LogP contribution in [0.3, 0.4) is 0 Å². The molecular formula is C16H28O6S2. The molecule has 5 atom stereocenters. The highest BCUT2D eigenvalue weighted by Gasteiger charge is 2.53. The quantitative estimate of drug-likeness (QED) is 0.761. The monoisotopic (exact) mass is 380 g/mol. The van der Waals surface area contributed by atoms with Crippen molar-refractivity contribution in [2.45, 2.75) is 80.8 Å². The lowest BCUT2D eigenvalue weighted by atomic mass is 10.00. The van der Waals surface area contributed by atoms with Crippen molar-refractivity contribution in [2.75, 3.05) is 18.1 Å². The average molecular weight is 381 g/mol. The number of hydrogen-bond donors (Lipinski definition) is 2. The van der Waals surface area contributed by atoms with Crippen molar-refractivity contribution < 1.29 is 29.2 Å². The van der Waals surface area contributed by atoms with E-state index in [1.165, 1.54) is 0 Å². The largest absolute Gasteiger partial charge is 0.388 e. The van der Waals surface area contributed by atoms with Crippen molar-refractivity contribution in [1.29, 1.82) is 0 Å². The second-order valence-electron chi connectivity index (χ2n) is 7.38. The van der Waals surface area contributed by atoms with Gasteiger partial charge < -0.3 is 29.2 Å². The van der Waals surface area contributed by atoms with Gasteiger partial charge in [-0.1, -0.05) is 0 Å². The third-order valence-electron chi connectivity index (χ3n) is 4.38. The first-order valence-electron chi connectivity index (χ1n) is 8.45. The molecular weight excluding hydrogens is 352 g/mol. The second kappa shape index (κ2) is 7.23. The van der Waals surface area contributed by atoms with Gasteiger partial charge in [-0.25, -0.2) is 0 Å². The van der Waals surface area contributed by atoms with Crippen molar-refractivity contribution >= 4 is 23.5 Å². The predicted molar refractivity (Wildman–Crippen MR) is 94.1 cm³/mol. The lowest BCUT2D eigenvalue weighted by Crippen LogP contribution is -2.50. The Labute approximate surface area is 151 Å². The molecule has 0 aromatic rings.